The van der Waals surface area contributed by atoms with Gasteiger partial charge in [0.1, 0.15) is 0 Å². The van der Waals surface area contributed by atoms with Crippen molar-refractivity contribution in [3.8, 4) is 0 Å². The minimum Gasteiger partial charge on any atom is -0.394 e. The summed E-state index contributed by atoms with van der Waals surface area (Å²) in [6, 6.07) is 0. The van der Waals surface area contributed by atoms with Crippen molar-refractivity contribution in [2.75, 3.05) is 33.0 Å². The highest BCUT2D eigenvalue weighted by Crippen LogP contribution is 2.22. The third kappa shape index (κ3) is 13.8. The van der Waals surface area contributed by atoms with E-state index in [0.29, 0.717) is 19.3 Å². The molecule has 0 aromatic rings. The molecule has 4 heteroatoms. The zero-order valence-corrected chi connectivity index (χ0v) is 9.65. The van der Waals surface area contributed by atoms with Crippen LogP contribution in [0.2, 0.25) is 0 Å². The largest absolute Gasteiger partial charge is 0.394 e. The van der Waals surface area contributed by atoms with Gasteiger partial charge < -0.3 is 19.7 Å². The Hall–Kier alpha value is -0.160. The quantitative estimate of drug-likeness (QED) is 0.598. The first kappa shape index (κ1) is 14.8. The van der Waals surface area contributed by atoms with Crippen molar-refractivity contribution >= 4 is 0 Å². The van der Waals surface area contributed by atoms with Crippen LogP contribution in [0.1, 0.15) is 32.6 Å². The Morgan fingerprint density at radius 2 is 1.73 bits per heavy atom. The molecule has 0 aromatic heterocycles. The molecule has 0 heterocycles. The minimum atomic E-state index is 0.143. The third-order valence-corrected chi connectivity index (χ3v) is 1.85. The first-order valence-corrected chi connectivity index (χ1v) is 5.76. The van der Waals surface area contributed by atoms with E-state index in [1.54, 1.807) is 0 Å². The van der Waals surface area contributed by atoms with Crippen molar-refractivity contribution in [1.29, 1.82) is 0 Å². The molecule has 1 rings (SSSR count). The Kier molecular flexibility index (Phi) is 11.8. The summed E-state index contributed by atoms with van der Waals surface area (Å²) in [5.74, 6) is 0. The lowest BCUT2D eigenvalue weighted by molar-refractivity contribution is 0.0808. The fourth-order valence-electron chi connectivity index (χ4n) is 0.867. The van der Waals surface area contributed by atoms with Crippen LogP contribution in [-0.2, 0) is 9.47 Å². The smallest absolute Gasteiger partial charge is 0.0701 e. The molecule has 2 N–H and O–H groups in total. The van der Waals surface area contributed by atoms with Crippen molar-refractivity contribution in [3.05, 3.63) is 0 Å². The van der Waals surface area contributed by atoms with Gasteiger partial charge in [-0.3, -0.25) is 0 Å². The van der Waals surface area contributed by atoms with Crippen molar-refractivity contribution < 1.29 is 19.7 Å². The van der Waals surface area contributed by atoms with E-state index in [0.717, 1.165) is 19.4 Å². The maximum atomic E-state index is 8.24. The molecule has 1 aliphatic carbocycles. The average molecular weight is 220 g/mol. The van der Waals surface area contributed by atoms with Crippen LogP contribution in [0.5, 0.6) is 0 Å². The van der Waals surface area contributed by atoms with E-state index < -0.39 is 0 Å². The molecule has 1 saturated carbocycles. The number of rotatable bonds is 8. The predicted molar refractivity (Wildman–Crippen MR) is 58.9 cm³/mol. The third-order valence-electron chi connectivity index (χ3n) is 1.85. The molecule has 0 spiro atoms. The van der Waals surface area contributed by atoms with Crippen LogP contribution in [0.4, 0.5) is 0 Å². The van der Waals surface area contributed by atoms with E-state index in [-0.39, 0.29) is 13.2 Å². The highest BCUT2D eigenvalue weighted by Gasteiger charge is 2.21. The SMILES string of the molecule is CCCCOCCO.OCCOC1CC1. The maximum Gasteiger partial charge on any atom is 0.0701 e. The summed E-state index contributed by atoms with van der Waals surface area (Å²) >= 11 is 0. The highest BCUT2D eigenvalue weighted by molar-refractivity contribution is 4.72. The summed E-state index contributed by atoms with van der Waals surface area (Å²) < 4.78 is 10.0. The van der Waals surface area contributed by atoms with Crippen LogP contribution in [0.3, 0.4) is 0 Å². The summed E-state index contributed by atoms with van der Waals surface area (Å²) in [6.45, 7) is 4.21. The van der Waals surface area contributed by atoms with E-state index in [4.69, 9.17) is 19.7 Å². The van der Waals surface area contributed by atoms with Gasteiger partial charge in [-0.15, -0.1) is 0 Å². The Morgan fingerprint density at radius 3 is 2.20 bits per heavy atom. The minimum absolute atomic E-state index is 0.143. The second kappa shape index (κ2) is 11.9. The summed E-state index contributed by atoms with van der Waals surface area (Å²) in [7, 11) is 0. The van der Waals surface area contributed by atoms with E-state index in [1.165, 1.54) is 12.8 Å². The number of hydrogen-bond acceptors (Lipinski definition) is 4. The van der Waals surface area contributed by atoms with Crippen molar-refractivity contribution in [3.63, 3.8) is 0 Å². The Morgan fingerprint density at radius 1 is 1.07 bits per heavy atom. The summed E-state index contributed by atoms with van der Waals surface area (Å²) in [5, 5.41) is 16.5. The molecular weight excluding hydrogens is 196 g/mol. The molecule has 0 bridgehead atoms. The second-order valence-corrected chi connectivity index (χ2v) is 3.48. The van der Waals surface area contributed by atoms with Gasteiger partial charge in [0.25, 0.3) is 0 Å². The van der Waals surface area contributed by atoms with Gasteiger partial charge in [-0.25, -0.2) is 0 Å². The molecule has 0 amide bonds. The zero-order chi connectivity index (χ0) is 11.4. The van der Waals surface area contributed by atoms with Gasteiger partial charge in [-0.1, -0.05) is 13.3 Å². The molecule has 0 saturated heterocycles. The molecule has 1 aliphatic rings. The molecule has 1 fully saturated rings. The molecule has 92 valence electrons. The lowest BCUT2D eigenvalue weighted by Crippen LogP contribution is -1.99. The molecule has 4 nitrogen and oxygen atoms in total. The van der Waals surface area contributed by atoms with Crippen LogP contribution in [0.15, 0.2) is 0 Å². The number of unbranched alkanes of at least 4 members (excludes halogenated alkanes) is 1. The standard InChI is InChI=1S/C6H14O2.C5H10O2/c1-2-3-5-8-6-4-7;6-3-4-7-5-1-2-5/h7H,2-6H2,1H3;5-6H,1-4H2. The first-order chi connectivity index (χ1) is 7.35. The van der Waals surface area contributed by atoms with Gasteiger partial charge in [0.05, 0.1) is 32.5 Å². The number of hydrogen-bond donors (Lipinski definition) is 2. The predicted octanol–water partition coefficient (Wildman–Crippen LogP) is 0.953. The van der Waals surface area contributed by atoms with E-state index >= 15 is 0 Å². The fraction of sp³-hybridized carbons (Fsp3) is 1.00. The normalized spacial score (nSPS) is 14.6. The molecule has 15 heavy (non-hydrogen) atoms. The zero-order valence-electron chi connectivity index (χ0n) is 9.65. The van der Waals surface area contributed by atoms with Crippen LogP contribution < -0.4 is 0 Å². The van der Waals surface area contributed by atoms with Gasteiger partial charge in [-0.2, -0.15) is 0 Å². The van der Waals surface area contributed by atoms with Crippen molar-refractivity contribution in [2.24, 2.45) is 0 Å². The molecule has 0 aromatic carbocycles. The van der Waals surface area contributed by atoms with Gasteiger partial charge in [0.15, 0.2) is 0 Å². The van der Waals surface area contributed by atoms with E-state index in [1.807, 2.05) is 0 Å². The summed E-state index contributed by atoms with van der Waals surface area (Å²) in [6.07, 6.45) is 5.14. The van der Waals surface area contributed by atoms with Gasteiger partial charge in [0, 0.05) is 6.61 Å². The number of ether oxygens (including phenoxy) is 2. The highest BCUT2D eigenvalue weighted by atomic mass is 16.5. The molecule has 0 atom stereocenters. The van der Waals surface area contributed by atoms with Gasteiger partial charge in [0.2, 0.25) is 0 Å². The van der Waals surface area contributed by atoms with Crippen LogP contribution in [-0.4, -0.2) is 49.4 Å². The topological polar surface area (TPSA) is 58.9 Å². The molecule has 0 unspecified atom stereocenters. The van der Waals surface area contributed by atoms with E-state index in [2.05, 4.69) is 6.92 Å². The summed E-state index contributed by atoms with van der Waals surface area (Å²) in [4.78, 5) is 0. The molecular formula is C11H24O4. The van der Waals surface area contributed by atoms with Crippen molar-refractivity contribution in [2.45, 2.75) is 38.7 Å². The second-order valence-electron chi connectivity index (χ2n) is 3.48. The Bertz CT molecular complexity index is 109. The maximum absolute atomic E-state index is 8.24. The Labute approximate surface area is 92.2 Å². The van der Waals surface area contributed by atoms with Gasteiger partial charge >= 0.3 is 0 Å². The lowest BCUT2D eigenvalue weighted by atomic mass is 10.4. The number of aliphatic hydroxyl groups is 2. The molecule has 0 radical (unpaired) electrons. The fourth-order valence-corrected chi connectivity index (χ4v) is 0.867. The molecule has 0 aliphatic heterocycles. The Balaban J connectivity index is 0.000000262. The van der Waals surface area contributed by atoms with Crippen LogP contribution >= 0.6 is 0 Å². The van der Waals surface area contributed by atoms with Crippen molar-refractivity contribution in [1.82, 2.24) is 0 Å². The summed E-state index contributed by atoms with van der Waals surface area (Å²) in [5.41, 5.74) is 0. The van der Waals surface area contributed by atoms with Gasteiger partial charge in [-0.05, 0) is 19.3 Å². The lowest BCUT2D eigenvalue weighted by Gasteiger charge is -1.97. The van der Waals surface area contributed by atoms with Crippen LogP contribution in [0.25, 0.3) is 0 Å². The monoisotopic (exact) mass is 220 g/mol. The average Bonchev–Trinajstić information content (AvgIpc) is 3.06. The number of aliphatic hydroxyl groups excluding tert-OH is 2. The van der Waals surface area contributed by atoms with E-state index in [9.17, 15) is 0 Å². The first-order valence-electron chi connectivity index (χ1n) is 5.76. The van der Waals surface area contributed by atoms with Crippen LogP contribution in [0, 0.1) is 0 Å².